The first-order chi connectivity index (χ1) is 13.6. The molecule has 0 radical (unpaired) electrons. The van der Waals surface area contributed by atoms with Crippen LogP contribution in [0.25, 0.3) is 10.9 Å². The summed E-state index contributed by atoms with van der Waals surface area (Å²) in [5, 5.41) is 2.48. The molecule has 3 heterocycles. The summed E-state index contributed by atoms with van der Waals surface area (Å²) < 4.78 is 14.7. The molecule has 3 aromatic rings. The number of hydrogen-bond acceptors (Lipinski definition) is 9. The number of halogens is 1. The zero-order valence-electron chi connectivity index (χ0n) is 16.0. The van der Waals surface area contributed by atoms with Crippen molar-refractivity contribution in [2.75, 3.05) is 51.0 Å². The molecule has 2 aromatic heterocycles. The van der Waals surface area contributed by atoms with Crippen LogP contribution in [0.4, 0.5) is 11.8 Å². The van der Waals surface area contributed by atoms with E-state index in [0.717, 1.165) is 0 Å². The lowest BCUT2D eigenvalue weighted by Crippen LogP contribution is -2.49. The lowest BCUT2D eigenvalue weighted by atomic mass is 10.2. The zero-order chi connectivity index (χ0) is 19.7. The van der Waals surface area contributed by atoms with Gasteiger partial charge in [-0.05, 0) is 17.6 Å². The molecule has 154 valence electrons. The van der Waals surface area contributed by atoms with Crippen molar-refractivity contribution in [3.05, 3.63) is 29.3 Å². The van der Waals surface area contributed by atoms with Crippen LogP contribution in [0.3, 0.4) is 0 Å². The number of nitrogens with two attached hydrogens (primary N) is 1. The molecule has 4 rings (SSSR count). The molecule has 29 heavy (non-hydrogen) atoms. The Bertz CT molecular complexity index is 1010. The van der Waals surface area contributed by atoms with Gasteiger partial charge in [0.05, 0.1) is 31.5 Å². The van der Waals surface area contributed by atoms with E-state index in [4.69, 9.17) is 15.2 Å². The first-order valence-corrected chi connectivity index (χ1v) is 9.57. The molecule has 9 nitrogen and oxygen atoms in total. The van der Waals surface area contributed by atoms with Crippen LogP contribution in [0.5, 0.6) is 11.5 Å². The lowest BCUT2D eigenvalue weighted by Gasteiger charge is -2.34. The molecule has 1 aromatic carbocycles. The summed E-state index contributed by atoms with van der Waals surface area (Å²) in [5.74, 6) is 2.08. The highest BCUT2D eigenvalue weighted by Gasteiger charge is 2.24. The van der Waals surface area contributed by atoms with Crippen molar-refractivity contribution < 1.29 is 14.3 Å². The van der Waals surface area contributed by atoms with Crippen molar-refractivity contribution in [3.63, 3.8) is 0 Å². The van der Waals surface area contributed by atoms with Crippen LogP contribution < -0.4 is 20.1 Å². The minimum atomic E-state index is 0. The van der Waals surface area contributed by atoms with Gasteiger partial charge >= 0.3 is 0 Å². The number of nitrogens with zero attached hydrogens (tertiary/aromatic N) is 5. The summed E-state index contributed by atoms with van der Waals surface area (Å²) in [5.41, 5.74) is 7.49. The van der Waals surface area contributed by atoms with E-state index in [1.54, 1.807) is 37.9 Å². The van der Waals surface area contributed by atoms with E-state index in [0.29, 0.717) is 65.9 Å². The van der Waals surface area contributed by atoms with E-state index < -0.39 is 0 Å². The Morgan fingerprint density at radius 2 is 1.79 bits per heavy atom. The molecule has 0 atom stereocenters. The van der Waals surface area contributed by atoms with Crippen LogP contribution in [-0.4, -0.2) is 65.5 Å². The molecule has 2 N–H and O–H groups in total. The summed E-state index contributed by atoms with van der Waals surface area (Å²) in [6.07, 6.45) is 1.61. The largest absolute Gasteiger partial charge is 0.493 e. The predicted octanol–water partition coefficient (Wildman–Crippen LogP) is 2.07. The second-order valence-corrected chi connectivity index (χ2v) is 6.98. The van der Waals surface area contributed by atoms with Crippen LogP contribution in [0, 0.1) is 0 Å². The maximum absolute atomic E-state index is 12.5. The number of benzene rings is 1. The topological polar surface area (TPSA) is 107 Å². The Kier molecular flexibility index (Phi) is 6.23. The fraction of sp³-hybridized carbons (Fsp3) is 0.333. The summed E-state index contributed by atoms with van der Waals surface area (Å²) in [6.45, 7) is 2.42. The molecule has 1 fully saturated rings. The molecular weight excluding hydrogens is 416 g/mol. The molecule has 0 saturated carbocycles. The molecule has 11 heteroatoms. The van der Waals surface area contributed by atoms with E-state index in [1.165, 1.54) is 11.5 Å². The minimum Gasteiger partial charge on any atom is -0.493 e. The number of rotatable bonds is 4. The number of carbonyl (C=O) groups excluding carboxylic acids is 1. The maximum Gasteiger partial charge on any atom is 0.256 e. The Balaban J connectivity index is 0.00000240. The average Bonchev–Trinajstić information content (AvgIpc) is 3.27. The maximum atomic E-state index is 12.5. The van der Waals surface area contributed by atoms with E-state index in [-0.39, 0.29) is 18.3 Å². The molecule has 0 spiro atoms. The molecular formula is C18H21ClN6O3S. The average molecular weight is 437 g/mol. The van der Waals surface area contributed by atoms with Crippen molar-refractivity contribution in [3.8, 4) is 11.5 Å². The molecule has 1 saturated heterocycles. The fourth-order valence-corrected chi connectivity index (χ4v) is 3.72. The van der Waals surface area contributed by atoms with Gasteiger partial charge in [-0.25, -0.2) is 9.36 Å². The summed E-state index contributed by atoms with van der Waals surface area (Å²) >= 11 is 1.28. The Labute approximate surface area is 178 Å². The third-order valence-corrected chi connectivity index (χ3v) is 5.33. The summed E-state index contributed by atoms with van der Waals surface area (Å²) in [6, 6.07) is 3.57. The van der Waals surface area contributed by atoms with Gasteiger partial charge in [-0.1, -0.05) is 0 Å². The van der Waals surface area contributed by atoms with Crippen LogP contribution in [0.2, 0.25) is 0 Å². The number of amides is 1. The van der Waals surface area contributed by atoms with Crippen molar-refractivity contribution in [1.29, 1.82) is 0 Å². The number of hydrogen-bond donors (Lipinski definition) is 1. The highest BCUT2D eigenvalue weighted by Crippen LogP contribution is 2.34. The quantitative estimate of drug-likeness (QED) is 0.662. The van der Waals surface area contributed by atoms with Gasteiger partial charge in [0.1, 0.15) is 5.82 Å². The van der Waals surface area contributed by atoms with Gasteiger partial charge in [-0.2, -0.15) is 4.98 Å². The van der Waals surface area contributed by atoms with Crippen LogP contribution in [-0.2, 0) is 0 Å². The number of piperazine rings is 1. The monoisotopic (exact) mass is 436 g/mol. The van der Waals surface area contributed by atoms with Gasteiger partial charge in [-0.3, -0.25) is 4.79 Å². The minimum absolute atomic E-state index is 0. The van der Waals surface area contributed by atoms with Gasteiger partial charge in [-0.15, -0.1) is 12.4 Å². The molecule has 0 aliphatic carbocycles. The summed E-state index contributed by atoms with van der Waals surface area (Å²) in [4.78, 5) is 25.4. The van der Waals surface area contributed by atoms with Gasteiger partial charge in [0.15, 0.2) is 11.5 Å². The second kappa shape index (κ2) is 8.66. The Morgan fingerprint density at radius 3 is 2.41 bits per heavy atom. The normalized spacial score (nSPS) is 13.9. The Morgan fingerprint density at radius 1 is 1.10 bits per heavy atom. The number of ether oxygens (including phenoxy) is 2. The summed E-state index contributed by atoms with van der Waals surface area (Å²) in [7, 11) is 3.15. The predicted molar refractivity (Wildman–Crippen MR) is 115 cm³/mol. The van der Waals surface area contributed by atoms with E-state index in [9.17, 15) is 4.79 Å². The van der Waals surface area contributed by atoms with Crippen molar-refractivity contribution in [1.82, 2.24) is 19.2 Å². The third kappa shape index (κ3) is 3.99. The van der Waals surface area contributed by atoms with E-state index >= 15 is 0 Å². The van der Waals surface area contributed by atoms with Gasteiger partial charge in [0.2, 0.25) is 5.95 Å². The van der Waals surface area contributed by atoms with Gasteiger partial charge < -0.3 is 25.0 Å². The molecule has 1 aliphatic rings. The number of nitrogen functional groups attached to an aromatic ring is 1. The van der Waals surface area contributed by atoms with E-state index in [2.05, 4.69) is 14.3 Å². The molecule has 0 unspecified atom stereocenters. The lowest BCUT2D eigenvalue weighted by molar-refractivity contribution is 0.0746. The third-order valence-electron chi connectivity index (χ3n) is 4.75. The number of aromatic nitrogens is 3. The number of carbonyl (C=O) groups is 1. The molecule has 1 amide bonds. The second-order valence-electron chi connectivity index (χ2n) is 6.33. The van der Waals surface area contributed by atoms with Gasteiger partial charge in [0, 0.05) is 43.0 Å². The van der Waals surface area contributed by atoms with Crippen molar-refractivity contribution in [2.45, 2.75) is 0 Å². The highest BCUT2D eigenvalue weighted by atomic mass is 35.5. The first-order valence-electron chi connectivity index (χ1n) is 8.73. The number of methoxy groups -OCH3 is 2. The van der Waals surface area contributed by atoms with Crippen molar-refractivity contribution >= 4 is 52.5 Å². The van der Waals surface area contributed by atoms with Crippen molar-refractivity contribution in [2.24, 2.45) is 0 Å². The highest BCUT2D eigenvalue weighted by molar-refractivity contribution is 7.03. The van der Waals surface area contributed by atoms with E-state index in [1.807, 2.05) is 9.80 Å². The number of anilines is 2. The first kappa shape index (κ1) is 20.9. The SMILES string of the molecule is COc1cc2nc(N3CCN(C(=O)c4cnsc4)CC3)nc(N)c2cc1OC.Cl. The van der Waals surface area contributed by atoms with Crippen LogP contribution >= 0.6 is 23.9 Å². The smallest absolute Gasteiger partial charge is 0.256 e. The molecule has 1 aliphatic heterocycles. The molecule has 0 bridgehead atoms. The fourth-order valence-electron chi connectivity index (χ4n) is 3.21. The Hall–Kier alpha value is -2.85. The van der Waals surface area contributed by atoms with Crippen LogP contribution in [0.15, 0.2) is 23.7 Å². The van der Waals surface area contributed by atoms with Gasteiger partial charge in [0.25, 0.3) is 5.91 Å². The zero-order valence-corrected chi connectivity index (χ0v) is 17.6. The standard InChI is InChI=1S/C18H20N6O3S.ClH/c1-26-14-7-12-13(8-15(14)27-2)21-18(22-16(12)19)24-5-3-23(4-6-24)17(25)11-9-20-28-10-11;/h7-10H,3-6H2,1-2H3,(H2,19,21,22);1H. The van der Waals surface area contributed by atoms with Crippen LogP contribution in [0.1, 0.15) is 10.4 Å². The number of fused-ring (bicyclic) bond motifs is 1.